The van der Waals surface area contributed by atoms with Crippen LogP contribution in [0.5, 0.6) is 0 Å². The number of carboxylic acid groups (broad SMARTS) is 1. The Balaban J connectivity index is 2.29. The van der Waals surface area contributed by atoms with Crippen LogP contribution in [0, 0.1) is 0 Å². The molecule has 104 valence electrons. The molecule has 0 aromatic carbocycles. The van der Waals surface area contributed by atoms with E-state index in [1.54, 1.807) is 4.90 Å². The van der Waals surface area contributed by atoms with E-state index in [1.165, 1.54) is 0 Å². The van der Waals surface area contributed by atoms with Gasteiger partial charge in [-0.3, -0.25) is 4.79 Å². The lowest BCUT2D eigenvalue weighted by Crippen LogP contribution is -2.52. The Morgan fingerprint density at radius 2 is 2.17 bits per heavy atom. The van der Waals surface area contributed by atoms with E-state index >= 15 is 0 Å². The third-order valence-electron chi connectivity index (χ3n) is 2.91. The largest absolute Gasteiger partial charge is 0.481 e. The second-order valence-electron chi connectivity index (χ2n) is 4.61. The molecule has 2 atom stereocenters. The first-order valence-corrected chi connectivity index (χ1v) is 6.43. The van der Waals surface area contributed by atoms with Gasteiger partial charge in [0.2, 0.25) is 0 Å². The highest BCUT2D eigenvalue weighted by Gasteiger charge is 2.26. The van der Waals surface area contributed by atoms with Crippen LogP contribution in [-0.2, 0) is 9.53 Å². The summed E-state index contributed by atoms with van der Waals surface area (Å²) < 4.78 is 5.67. The van der Waals surface area contributed by atoms with Gasteiger partial charge in [-0.05, 0) is 19.8 Å². The fourth-order valence-electron chi connectivity index (χ4n) is 1.98. The number of hydrogen-bond acceptors (Lipinski definition) is 3. The summed E-state index contributed by atoms with van der Waals surface area (Å²) in [6, 6.07) is -0.131. The van der Waals surface area contributed by atoms with Gasteiger partial charge in [-0.15, -0.1) is 0 Å². The number of nitrogens with zero attached hydrogens (tertiary/aromatic N) is 1. The molecule has 18 heavy (non-hydrogen) atoms. The fraction of sp³-hybridized carbons (Fsp3) is 0.833. The van der Waals surface area contributed by atoms with E-state index in [2.05, 4.69) is 5.32 Å². The lowest BCUT2D eigenvalue weighted by atomic mass is 10.2. The number of amides is 2. The van der Waals surface area contributed by atoms with E-state index in [1.807, 2.05) is 13.8 Å². The zero-order valence-electron chi connectivity index (χ0n) is 11.0. The van der Waals surface area contributed by atoms with Crippen LogP contribution in [-0.4, -0.2) is 53.8 Å². The Kier molecular flexibility index (Phi) is 5.91. The number of carbonyl (C=O) groups is 2. The maximum atomic E-state index is 11.9. The van der Waals surface area contributed by atoms with Crippen LogP contribution in [0.25, 0.3) is 0 Å². The van der Waals surface area contributed by atoms with E-state index < -0.39 is 5.97 Å². The van der Waals surface area contributed by atoms with Gasteiger partial charge in [0.25, 0.3) is 0 Å². The number of aliphatic carboxylic acids is 1. The highest BCUT2D eigenvalue weighted by atomic mass is 16.5. The number of morpholine rings is 1. The second-order valence-corrected chi connectivity index (χ2v) is 4.61. The number of rotatable bonds is 5. The van der Waals surface area contributed by atoms with Gasteiger partial charge in [-0.25, -0.2) is 4.79 Å². The number of hydrogen-bond donors (Lipinski definition) is 2. The van der Waals surface area contributed by atoms with E-state index in [-0.39, 0.29) is 24.7 Å². The van der Waals surface area contributed by atoms with Gasteiger partial charge in [-0.2, -0.15) is 0 Å². The van der Waals surface area contributed by atoms with Gasteiger partial charge in [0, 0.05) is 26.1 Å². The zero-order chi connectivity index (χ0) is 13.5. The molecule has 1 fully saturated rings. The SMILES string of the molecule is CCC1CN(C(=O)NCCCC(=O)O)CC(C)O1. The smallest absolute Gasteiger partial charge is 0.317 e. The molecule has 0 aliphatic carbocycles. The van der Waals surface area contributed by atoms with Crippen LogP contribution in [0.3, 0.4) is 0 Å². The van der Waals surface area contributed by atoms with Crippen molar-refractivity contribution in [1.82, 2.24) is 10.2 Å². The molecule has 2 unspecified atom stereocenters. The predicted molar refractivity (Wildman–Crippen MR) is 66.5 cm³/mol. The number of urea groups is 1. The molecular formula is C12H22N2O4. The standard InChI is InChI=1S/C12H22N2O4/c1-3-10-8-14(7-9(2)18-10)12(17)13-6-4-5-11(15)16/h9-10H,3-8H2,1-2H3,(H,13,17)(H,15,16). The average molecular weight is 258 g/mol. The van der Waals surface area contributed by atoms with Crippen molar-refractivity contribution in [3.63, 3.8) is 0 Å². The summed E-state index contributed by atoms with van der Waals surface area (Å²) in [4.78, 5) is 23.9. The van der Waals surface area contributed by atoms with Gasteiger partial charge >= 0.3 is 12.0 Å². The number of ether oxygens (including phenoxy) is 1. The van der Waals surface area contributed by atoms with Crippen molar-refractivity contribution in [2.45, 2.75) is 45.3 Å². The van der Waals surface area contributed by atoms with Crippen molar-refractivity contribution in [2.75, 3.05) is 19.6 Å². The molecule has 0 spiro atoms. The molecule has 1 heterocycles. The first-order chi connectivity index (χ1) is 8.52. The number of nitrogens with one attached hydrogen (secondary N) is 1. The molecule has 0 bridgehead atoms. The summed E-state index contributed by atoms with van der Waals surface area (Å²) in [6.45, 7) is 5.57. The van der Waals surface area contributed by atoms with Crippen LogP contribution in [0.15, 0.2) is 0 Å². The molecule has 1 saturated heterocycles. The van der Waals surface area contributed by atoms with E-state index in [4.69, 9.17) is 9.84 Å². The molecule has 6 nitrogen and oxygen atoms in total. The molecule has 0 aromatic rings. The van der Waals surface area contributed by atoms with E-state index in [0.29, 0.717) is 26.1 Å². The topological polar surface area (TPSA) is 78.9 Å². The Morgan fingerprint density at radius 1 is 1.44 bits per heavy atom. The van der Waals surface area contributed by atoms with Crippen molar-refractivity contribution in [3.8, 4) is 0 Å². The Morgan fingerprint density at radius 3 is 2.78 bits per heavy atom. The summed E-state index contributed by atoms with van der Waals surface area (Å²) in [5.74, 6) is -0.838. The third-order valence-corrected chi connectivity index (χ3v) is 2.91. The molecule has 1 aliphatic heterocycles. The average Bonchev–Trinajstić information content (AvgIpc) is 2.33. The monoisotopic (exact) mass is 258 g/mol. The van der Waals surface area contributed by atoms with Crippen LogP contribution >= 0.6 is 0 Å². The number of carboxylic acids is 1. The van der Waals surface area contributed by atoms with E-state index in [0.717, 1.165) is 6.42 Å². The summed E-state index contributed by atoms with van der Waals surface area (Å²) >= 11 is 0. The summed E-state index contributed by atoms with van der Waals surface area (Å²) in [6.07, 6.45) is 1.56. The molecular weight excluding hydrogens is 236 g/mol. The Labute approximate surface area is 107 Å². The lowest BCUT2D eigenvalue weighted by molar-refractivity contribution is -0.137. The summed E-state index contributed by atoms with van der Waals surface area (Å²) in [7, 11) is 0. The fourth-order valence-corrected chi connectivity index (χ4v) is 1.98. The molecule has 0 radical (unpaired) electrons. The highest BCUT2D eigenvalue weighted by molar-refractivity contribution is 5.74. The molecule has 0 saturated carbocycles. The third kappa shape index (κ3) is 4.91. The van der Waals surface area contributed by atoms with Gasteiger partial charge < -0.3 is 20.1 Å². The first kappa shape index (κ1) is 14.8. The van der Waals surface area contributed by atoms with Crippen molar-refractivity contribution < 1.29 is 19.4 Å². The predicted octanol–water partition coefficient (Wildman–Crippen LogP) is 1.06. The van der Waals surface area contributed by atoms with Crippen molar-refractivity contribution in [2.24, 2.45) is 0 Å². The maximum absolute atomic E-state index is 11.9. The molecule has 1 aliphatic rings. The summed E-state index contributed by atoms with van der Waals surface area (Å²) in [5, 5.41) is 11.2. The Bertz CT molecular complexity index is 296. The Hall–Kier alpha value is -1.30. The summed E-state index contributed by atoms with van der Waals surface area (Å²) in [5.41, 5.74) is 0. The minimum absolute atomic E-state index is 0.0495. The van der Waals surface area contributed by atoms with Crippen LogP contribution in [0.4, 0.5) is 4.79 Å². The van der Waals surface area contributed by atoms with Crippen LogP contribution in [0.1, 0.15) is 33.1 Å². The maximum Gasteiger partial charge on any atom is 0.317 e. The van der Waals surface area contributed by atoms with Gasteiger partial charge in [0.1, 0.15) is 0 Å². The molecule has 0 aromatic heterocycles. The molecule has 2 amide bonds. The van der Waals surface area contributed by atoms with Gasteiger partial charge in [-0.1, -0.05) is 6.92 Å². The van der Waals surface area contributed by atoms with Crippen molar-refractivity contribution in [1.29, 1.82) is 0 Å². The zero-order valence-corrected chi connectivity index (χ0v) is 11.0. The first-order valence-electron chi connectivity index (χ1n) is 6.43. The van der Waals surface area contributed by atoms with Crippen LogP contribution < -0.4 is 5.32 Å². The normalized spacial score (nSPS) is 23.8. The van der Waals surface area contributed by atoms with Gasteiger partial charge in [0.05, 0.1) is 12.2 Å². The minimum atomic E-state index is -0.838. The minimum Gasteiger partial charge on any atom is -0.481 e. The van der Waals surface area contributed by atoms with Gasteiger partial charge in [0.15, 0.2) is 0 Å². The highest BCUT2D eigenvalue weighted by Crippen LogP contribution is 2.13. The van der Waals surface area contributed by atoms with Crippen molar-refractivity contribution in [3.05, 3.63) is 0 Å². The molecule has 2 N–H and O–H groups in total. The number of carbonyl (C=O) groups excluding carboxylic acids is 1. The van der Waals surface area contributed by atoms with Crippen LogP contribution in [0.2, 0.25) is 0 Å². The second kappa shape index (κ2) is 7.20. The molecule has 1 rings (SSSR count). The quantitative estimate of drug-likeness (QED) is 0.723. The van der Waals surface area contributed by atoms with Crippen molar-refractivity contribution >= 4 is 12.0 Å². The molecule has 6 heteroatoms. The lowest BCUT2D eigenvalue weighted by Gasteiger charge is -2.36. The van der Waals surface area contributed by atoms with E-state index in [9.17, 15) is 9.59 Å².